The van der Waals surface area contributed by atoms with Gasteiger partial charge in [0.2, 0.25) is 0 Å². The number of benzene rings is 2. The van der Waals surface area contributed by atoms with E-state index in [0.717, 1.165) is 5.56 Å². The smallest absolute Gasteiger partial charge is 0.167 e. The lowest BCUT2D eigenvalue weighted by Gasteiger charge is -2.11. The van der Waals surface area contributed by atoms with Crippen LogP contribution in [0.15, 0.2) is 36.4 Å². The molecule has 0 unspecified atom stereocenters. The van der Waals surface area contributed by atoms with Crippen LogP contribution in [-0.2, 0) is 0 Å². The quantitative estimate of drug-likeness (QED) is 0.596. The second-order valence-corrected chi connectivity index (χ2v) is 6.28. The Balaban J connectivity index is 2.01. The Hall–Kier alpha value is -2.43. The second kappa shape index (κ2) is 7.85. The van der Waals surface area contributed by atoms with Gasteiger partial charge in [-0.1, -0.05) is 35.3 Å². The van der Waals surface area contributed by atoms with Crippen LogP contribution in [0.4, 0.5) is 0 Å². The highest BCUT2D eigenvalue weighted by Gasteiger charge is 2.11. The summed E-state index contributed by atoms with van der Waals surface area (Å²) in [6, 6.07) is 10.8. The van der Waals surface area contributed by atoms with E-state index in [4.69, 9.17) is 32.7 Å². The summed E-state index contributed by atoms with van der Waals surface area (Å²) in [7, 11) is 1.60. The molecule has 3 rings (SSSR count). The first-order valence-corrected chi connectivity index (χ1v) is 8.76. The lowest BCUT2D eigenvalue weighted by atomic mass is 10.1. The molecule has 2 aromatic carbocycles. The third-order valence-electron chi connectivity index (χ3n) is 3.83. The van der Waals surface area contributed by atoms with Crippen LogP contribution in [0.1, 0.15) is 18.2 Å². The van der Waals surface area contributed by atoms with Gasteiger partial charge in [0.05, 0.1) is 29.5 Å². The molecule has 0 bridgehead atoms. The van der Waals surface area contributed by atoms with E-state index in [-0.39, 0.29) is 10.8 Å². The van der Waals surface area contributed by atoms with Crippen LogP contribution in [0, 0.1) is 0 Å². The number of phenols is 1. The first kappa shape index (κ1) is 18.4. The second-order valence-electron chi connectivity index (χ2n) is 5.47. The predicted octanol–water partition coefficient (Wildman–Crippen LogP) is 5.82. The minimum Gasteiger partial charge on any atom is -0.504 e. The van der Waals surface area contributed by atoms with Crippen LogP contribution in [0.5, 0.6) is 17.2 Å². The monoisotopic (exact) mass is 389 g/mol. The molecule has 0 saturated carbocycles. The molecule has 6 heteroatoms. The van der Waals surface area contributed by atoms with Crippen molar-refractivity contribution >= 4 is 46.3 Å². The maximum absolute atomic E-state index is 10.2. The zero-order chi connectivity index (χ0) is 18.7. The lowest BCUT2D eigenvalue weighted by Crippen LogP contribution is -1.96. The van der Waals surface area contributed by atoms with E-state index in [2.05, 4.69) is 4.98 Å². The van der Waals surface area contributed by atoms with Crippen LogP contribution in [-0.4, -0.2) is 23.8 Å². The molecule has 0 radical (unpaired) electrons. The van der Waals surface area contributed by atoms with Crippen LogP contribution in [0.3, 0.4) is 0 Å². The summed E-state index contributed by atoms with van der Waals surface area (Å²) in [5.74, 6) is 1.25. The summed E-state index contributed by atoms with van der Waals surface area (Å²) >= 11 is 12.1. The van der Waals surface area contributed by atoms with Crippen molar-refractivity contribution in [3.63, 3.8) is 0 Å². The fourth-order valence-corrected chi connectivity index (χ4v) is 3.15. The molecule has 3 aromatic rings. The van der Waals surface area contributed by atoms with Gasteiger partial charge in [-0.05, 0) is 43.3 Å². The number of halogens is 2. The van der Waals surface area contributed by atoms with Gasteiger partial charge in [-0.25, -0.2) is 4.98 Å². The average Bonchev–Trinajstić information content (AvgIpc) is 2.64. The molecule has 4 nitrogen and oxygen atoms in total. The van der Waals surface area contributed by atoms with E-state index in [1.54, 1.807) is 13.2 Å². The van der Waals surface area contributed by atoms with Crippen molar-refractivity contribution in [2.75, 3.05) is 13.7 Å². The van der Waals surface area contributed by atoms with E-state index in [1.165, 1.54) is 6.07 Å². The molecular weight excluding hydrogens is 373 g/mol. The van der Waals surface area contributed by atoms with Crippen molar-refractivity contribution in [3.8, 4) is 17.2 Å². The number of rotatable bonds is 5. The van der Waals surface area contributed by atoms with Crippen molar-refractivity contribution in [3.05, 3.63) is 57.7 Å². The van der Waals surface area contributed by atoms with Crippen molar-refractivity contribution < 1.29 is 14.6 Å². The molecule has 1 heterocycles. The van der Waals surface area contributed by atoms with E-state index in [9.17, 15) is 5.11 Å². The minimum atomic E-state index is -0.0859. The van der Waals surface area contributed by atoms with E-state index >= 15 is 0 Å². The highest BCUT2D eigenvalue weighted by Crippen LogP contribution is 2.36. The maximum atomic E-state index is 10.2. The Morgan fingerprint density at radius 3 is 2.65 bits per heavy atom. The van der Waals surface area contributed by atoms with E-state index < -0.39 is 0 Å². The molecule has 0 aliphatic carbocycles. The Kier molecular flexibility index (Phi) is 5.55. The van der Waals surface area contributed by atoms with Gasteiger partial charge < -0.3 is 14.6 Å². The van der Waals surface area contributed by atoms with Crippen LogP contribution in [0.25, 0.3) is 23.1 Å². The predicted molar refractivity (Wildman–Crippen MR) is 107 cm³/mol. The number of phenolic OH excluding ortho intramolecular Hbond substituents is 1. The van der Waals surface area contributed by atoms with Gasteiger partial charge >= 0.3 is 0 Å². The van der Waals surface area contributed by atoms with Gasteiger partial charge in [0, 0.05) is 10.9 Å². The minimum absolute atomic E-state index is 0.0859. The number of ether oxygens (including phenoxy) is 2. The molecule has 0 fully saturated rings. The zero-order valence-corrected chi connectivity index (χ0v) is 15.8. The summed E-state index contributed by atoms with van der Waals surface area (Å²) in [6.07, 6.45) is 3.69. The standard InChI is InChI=1S/C20H17Cl2NO3/c1-3-26-17-6-4-5-12(20(17)25-2)7-8-13-9-10-14-15(21)11-16(22)19(24)18(14)23-13/h4-11,24H,3H2,1-2H3/b8-7+. The molecule has 0 atom stereocenters. The lowest BCUT2D eigenvalue weighted by molar-refractivity contribution is 0.310. The number of hydrogen-bond donors (Lipinski definition) is 1. The number of aromatic nitrogens is 1. The Labute approximate surface area is 161 Å². The zero-order valence-electron chi connectivity index (χ0n) is 14.3. The average molecular weight is 390 g/mol. The first-order valence-electron chi connectivity index (χ1n) is 8.00. The number of nitrogens with zero attached hydrogens (tertiary/aromatic N) is 1. The molecule has 1 aromatic heterocycles. The van der Waals surface area contributed by atoms with Gasteiger partial charge in [0.15, 0.2) is 17.2 Å². The third-order valence-corrected chi connectivity index (χ3v) is 4.43. The molecule has 0 aliphatic rings. The number of aromatic hydroxyl groups is 1. The molecule has 0 saturated heterocycles. The Bertz CT molecular complexity index is 986. The van der Waals surface area contributed by atoms with E-state index in [0.29, 0.717) is 39.7 Å². The molecule has 26 heavy (non-hydrogen) atoms. The van der Waals surface area contributed by atoms with Gasteiger partial charge in [-0.2, -0.15) is 0 Å². The van der Waals surface area contributed by atoms with Crippen LogP contribution in [0.2, 0.25) is 10.0 Å². The highest BCUT2D eigenvalue weighted by atomic mass is 35.5. The highest BCUT2D eigenvalue weighted by molar-refractivity contribution is 6.39. The number of hydrogen-bond acceptors (Lipinski definition) is 4. The first-order chi connectivity index (χ1) is 12.5. The fraction of sp³-hybridized carbons (Fsp3) is 0.150. The molecule has 0 spiro atoms. The SMILES string of the molecule is CCOc1cccc(/C=C/c2ccc3c(Cl)cc(Cl)c(O)c3n2)c1OC. The molecular formula is C20H17Cl2NO3. The number of methoxy groups -OCH3 is 1. The summed E-state index contributed by atoms with van der Waals surface area (Å²) in [5, 5.41) is 11.4. The molecule has 0 aliphatic heterocycles. The summed E-state index contributed by atoms with van der Waals surface area (Å²) in [5.41, 5.74) is 1.86. The van der Waals surface area contributed by atoms with Gasteiger partial charge in [-0.3, -0.25) is 0 Å². The molecule has 0 amide bonds. The number of pyridine rings is 1. The number of fused-ring (bicyclic) bond motifs is 1. The van der Waals surface area contributed by atoms with Crippen LogP contribution >= 0.6 is 23.2 Å². The van der Waals surface area contributed by atoms with Crippen molar-refractivity contribution in [1.29, 1.82) is 0 Å². The molecule has 134 valence electrons. The summed E-state index contributed by atoms with van der Waals surface area (Å²) in [6.45, 7) is 2.47. The normalized spacial score (nSPS) is 11.2. The topological polar surface area (TPSA) is 51.6 Å². The number of para-hydroxylation sites is 1. The molecule has 1 N–H and O–H groups in total. The Morgan fingerprint density at radius 1 is 1.12 bits per heavy atom. The van der Waals surface area contributed by atoms with Crippen molar-refractivity contribution in [2.24, 2.45) is 0 Å². The van der Waals surface area contributed by atoms with E-state index in [1.807, 2.05) is 43.3 Å². The fourth-order valence-electron chi connectivity index (χ4n) is 2.64. The summed E-state index contributed by atoms with van der Waals surface area (Å²) < 4.78 is 11.1. The van der Waals surface area contributed by atoms with Gasteiger partial charge in [0.25, 0.3) is 0 Å². The largest absolute Gasteiger partial charge is 0.504 e. The van der Waals surface area contributed by atoms with Crippen LogP contribution < -0.4 is 9.47 Å². The van der Waals surface area contributed by atoms with Crippen molar-refractivity contribution in [1.82, 2.24) is 4.98 Å². The Morgan fingerprint density at radius 2 is 1.92 bits per heavy atom. The summed E-state index contributed by atoms with van der Waals surface area (Å²) in [4.78, 5) is 4.45. The van der Waals surface area contributed by atoms with Gasteiger partial charge in [0.1, 0.15) is 5.52 Å². The third kappa shape index (κ3) is 3.57. The van der Waals surface area contributed by atoms with Crippen molar-refractivity contribution in [2.45, 2.75) is 6.92 Å². The van der Waals surface area contributed by atoms with Gasteiger partial charge in [-0.15, -0.1) is 0 Å². The maximum Gasteiger partial charge on any atom is 0.167 e.